The van der Waals surface area contributed by atoms with Crippen LogP contribution < -0.4 is 10.1 Å². The normalized spacial score (nSPS) is 9.71. The molecule has 86 valence electrons. The third kappa shape index (κ3) is 2.81. The van der Waals surface area contributed by atoms with E-state index in [1.165, 1.54) is 0 Å². The van der Waals surface area contributed by atoms with Crippen LogP contribution in [0.5, 0.6) is 5.75 Å². The maximum Gasteiger partial charge on any atom is 0.120 e. The van der Waals surface area contributed by atoms with Crippen molar-refractivity contribution < 1.29 is 4.74 Å². The summed E-state index contributed by atoms with van der Waals surface area (Å²) in [5, 5.41) is 6.05. The summed E-state index contributed by atoms with van der Waals surface area (Å²) in [6, 6.07) is 14.5. The Morgan fingerprint density at radius 3 is 2.47 bits per heavy atom. The number of hydrogen-bond donors (Lipinski definition) is 1. The molecule has 0 radical (unpaired) electrons. The fraction of sp³-hybridized carbons (Fsp3) is 0.0769. The molecule has 4 heteroatoms. The summed E-state index contributed by atoms with van der Waals surface area (Å²) in [4.78, 5) is 10.3. The molecule has 4 nitrogen and oxygen atoms in total. The minimum absolute atomic E-state index is 0.418. The molecule has 2 rings (SSSR count). The Bertz CT molecular complexity index is 509. The molecule has 0 spiro atoms. The Balaban J connectivity index is 2.15. The first kappa shape index (κ1) is 11.1. The number of nitrogens with one attached hydrogen (secondary N) is 1. The van der Waals surface area contributed by atoms with E-state index in [9.17, 15) is 4.91 Å². The predicted molar refractivity (Wildman–Crippen MR) is 68.2 cm³/mol. The van der Waals surface area contributed by atoms with Crippen molar-refractivity contribution >= 4 is 17.1 Å². The van der Waals surface area contributed by atoms with Crippen LogP contribution in [0, 0.1) is 4.91 Å². The van der Waals surface area contributed by atoms with Gasteiger partial charge >= 0.3 is 0 Å². The Hall–Kier alpha value is -2.36. The summed E-state index contributed by atoms with van der Waals surface area (Å²) in [5.74, 6) is 0.793. The van der Waals surface area contributed by atoms with E-state index in [1.54, 1.807) is 31.4 Å². The number of methoxy groups -OCH3 is 1. The molecule has 0 heterocycles. The van der Waals surface area contributed by atoms with Crippen LogP contribution in [0.3, 0.4) is 0 Å². The maximum absolute atomic E-state index is 10.3. The average Bonchev–Trinajstić information content (AvgIpc) is 2.40. The number of hydrogen-bond acceptors (Lipinski definition) is 4. The van der Waals surface area contributed by atoms with Crippen molar-refractivity contribution in [2.75, 3.05) is 12.4 Å². The van der Waals surface area contributed by atoms with E-state index >= 15 is 0 Å². The third-order valence-electron chi connectivity index (χ3n) is 2.33. The van der Waals surface area contributed by atoms with E-state index in [1.807, 2.05) is 24.3 Å². The average molecular weight is 228 g/mol. The molecule has 0 aliphatic heterocycles. The van der Waals surface area contributed by atoms with E-state index < -0.39 is 0 Å². The van der Waals surface area contributed by atoms with Gasteiger partial charge in [0.15, 0.2) is 0 Å². The van der Waals surface area contributed by atoms with Gasteiger partial charge in [0, 0.05) is 17.4 Å². The zero-order chi connectivity index (χ0) is 12.1. The number of nitrogens with zero attached hydrogens (tertiary/aromatic N) is 1. The van der Waals surface area contributed by atoms with Gasteiger partial charge in [0.2, 0.25) is 0 Å². The van der Waals surface area contributed by atoms with Crippen molar-refractivity contribution in [2.24, 2.45) is 5.18 Å². The van der Waals surface area contributed by atoms with Gasteiger partial charge in [0.05, 0.1) is 7.11 Å². The quantitative estimate of drug-likeness (QED) is 0.809. The highest BCUT2D eigenvalue weighted by Gasteiger charge is 1.97. The van der Waals surface area contributed by atoms with Crippen LogP contribution in [-0.4, -0.2) is 7.11 Å². The minimum atomic E-state index is 0.418. The van der Waals surface area contributed by atoms with E-state index in [0.717, 1.165) is 17.1 Å². The second-order valence-electron chi connectivity index (χ2n) is 3.50. The monoisotopic (exact) mass is 228 g/mol. The van der Waals surface area contributed by atoms with Gasteiger partial charge in [-0.15, -0.1) is 4.91 Å². The van der Waals surface area contributed by atoms with Crippen molar-refractivity contribution in [2.45, 2.75) is 0 Å². The summed E-state index contributed by atoms with van der Waals surface area (Å²) < 4.78 is 5.13. The molecule has 1 N–H and O–H groups in total. The number of nitroso groups, excluding NO2 is 1. The van der Waals surface area contributed by atoms with Crippen LogP contribution in [0.15, 0.2) is 53.7 Å². The first-order valence-corrected chi connectivity index (χ1v) is 5.16. The lowest BCUT2D eigenvalue weighted by Crippen LogP contribution is -1.90. The van der Waals surface area contributed by atoms with E-state index in [0.29, 0.717) is 5.69 Å². The van der Waals surface area contributed by atoms with Gasteiger partial charge in [-0.3, -0.25) is 0 Å². The minimum Gasteiger partial charge on any atom is -0.497 e. The summed E-state index contributed by atoms with van der Waals surface area (Å²) in [6.45, 7) is 0. The van der Waals surface area contributed by atoms with Crippen LogP contribution in [0.2, 0.25) is 0 Å². The molecular weight excluding hydrogens is 216 g/mol. The fourth-order valence-corrected chi connectivity index (χ4v) is 1.47. The lowest BCUT2D eigenvalue weighted by molar-refractivity contribution is 0.415. The topological polar surface area (TPSA) is 50.7 Å². The van der Waals surface area contributed by atoms with Crippen LogP contribution in [0.25, 0.3) is 0 Å². The Morgan fingerprint density at radius 2 is 1.82 bits per heavy atom. The smallest absolute Gasteiger partial charge is 0.120 e. The molecule has 0 unspecified atom stereocenters. The van der Waals surface area contributed by atoms with E-state index in [-0.39, 0.29) is 0 Å². The summed E-state index contributed by atoms with van der Waals surface area (Å²) in [5.41, 5.74) is 2.24. The van der Waals surface area contributed by atoms with Crippen molar-refractivity contribution in [1.82, 2.24) is 0 Å². The summed E-state index contributed by atoms with van der Waals surface area (Å²) in [6.07, 6.45) is 0. The Kier molecular flexibility index (Phi) is 3.35. The highest BCUT2D eigenvalue weighted by molar-refractivity contribution is 5.62. The first-order chi connectivity index (χ1) is 8.31. The molecule has 0 atom stereocenters. The van der Waals surface area contributed by atoms with Crippen molar-refractivity contribution in [3.63, 3.8) is 0 Å². The summed E-state index contributed by atoms with van der Waals surface area (Å²) >= 11 is 0. The largest absolute Gasteiger partial charge is 0.497 e. The molecule has 0 amide bonds. The van der Waals surface area contributed by atoms with Crippen molar-refractivity contribution in [3.05, 3.63) is 53.4 Å². The lowest BCUT2D eigenvalue weighted by Gasteiger charge is -2.07. The van der Waals surface area contributed by atoms with Gasteiger partial charge in [-0.2, -0.15) is 0 Å². The van der Waals surface area contributed by atoms with Crippen molar-refractivity contribution in [3.8, 4) is 5.75 Å². The van der Waals surface area contributed by atoms with E-state index in [4.69, 9.17) is 4.74 Å². The molecule has 2 aromatic rings. The highest BCUT2D eigenvalue weighted by atomic mass is 16.5. The second-order valence-corrected chi connectivity index (χ2v) is 3.50. The highest BCUT2D eigenvalue weighted by Crippen LogP contribution is 2.22. The third-order valence-corrected chi connectivity index (χ3v) is 2.33. The molecular formula is C13H12N2O2. The molecule has 0 saturated heterocycles. The number of ether oxygens (including phenoxy) is 1. The van der Waals surface area contributed by atoms with Gasteiger partial charge in [-0.25, -0.2) is 0 Å². The SMILES string of the molecule is COc1cccc(Nc2ccc(N=O)cc2)c1. The Labute approximate surface area is 99.2 Å². The molecule has 0 aliphatic rings. The van der Waals surface area contributed by atoms with E-state index in [2.05, 4.69) is 10.5 Å². The molecule has 0 aliphatic carbocycles. The Morgan fingerprint density at radius 1 is 1.06 bits per heavy atom. The van der Waals surface area contributed by atoms with Crippen LogP contribution in [0.4, 0.5) is 17.1 Å². The van der Waals surface area contributed by atoms with Gasteiger partial charge in [-0.1, -0.05) is 6.07 Å². The zero-order valence-electron chi connectivity index (χ0n) is 9.38. The zero-order valence-corrected chi connectivity index (χ0v) is 9.38. The molecule has 17 heavy (non-hydrogen) atoms. The summed E-state index contributed by atoms with van der Waals surface area (Å²) in [7, 11) is 1.63. The second kappa shape index (κ2) is 5.12. The molecule has 2 aromatic carbocycles. The van der Waals surface area contributed by atoms with Crippen molar-refractivity contribution in [1.29, 1.82) is 0 Å². The number of anilines is 2. The molecule has 0 fully saturated rings. The first-order valence-electron chi connectivity index (χ1n) is 5.16. The maximum atomic E-state index is 10.3. The fourth-order valence-electron chi connectivity index (χ4n) is 1.47. The van der Waals surface area contributed by atoms with Gasteiger partial charge < -0.3 is 10.1 Å². The molecule has 0 aromatic heterocycles. The van der Waals surface area contributed by atoms with Gasteiger partial charge in [0.1, 0.15) is 11.4 Å². The van der Waals surface area contributed by atoms with Gasteiger partial charge in [-0.05, 0) is 41.6 Å². The molecule has 0 bridgehead atoms. The van der Waals surface area contributed by atoms with Crippen LogP contribution in [0.1, 0.15) is 0 Å². The van der Waals surface area contributed by atoms with Gasteiger partial charge in [0.25, 0.3) is 0 Å². The van der Waals surface area contributed by atoms with Crippen LogP contribution in [-0.2, 0) is 0 Å². The standard InChI is InChI=1S/C13H12N2O2/c1-17-13-4-2-3-12(9-13)14-10-5-7-11(15-16)8-6-10/h2-9,14H,1H3. The lowest BCUT2D eigenvalue weighted by atomic mass is 10.2. The predicted octanol–water partition coefficient (Wildman–Crippen LogP) is 3.84. The number of rotatable bonds is 4. The number of benzene rings is 2. The van der Waals surface area contributed by atoms with Crippen LogP contribution >= 0.6 is 0 Å². The molecule has 0 saturated carbocycles.